The smallest absolute Gasteiger partial charge is 0.315 e. The summed E-state index contributed by atoms with van der Waals surface area (Å²) in [7, 11) is 0. The molecule has 15 heteroatoms. The second-order valence-corrected chi connectivity index (χ2v) is 18.4. The summed E-state index contributed by atoms with van der Waals surface area (Å²) in [5.41, 5.74) is 0.689. The predicted octanol–water partition coefficient (Wildman–Crippen LogP) is 4.08. The van der Waals surface area contributed by atoms with Gasteiger partial charge in [-0.3, -0.25) is 24.2 Å². The Morgan fingerprint density at radius 1 is 0.879 bits per heavy atom. The zero-order chi connectivity index (χ0) is 42.0. The van der Waals surface area contributed by atoms with E-state index in [1.165, 1.54) is 0 Å². The van der Waals surface area contributed by atoms with Gasteiger partial charge < -0.3 is 42.1 Å². The summed E-state index contributed by atoms with van der Waals surface area (Å²) < 4.78 is 0. The van der Waals surface area contributed by atoms with Gasteiger partial charge in [0.1, 0.15) is 12.1 Å². The van der Waals surface area contributed by atoms with Crippen molar-refractivity contribution in [1.29, 1.82) is 0 Å². The Morgan fingerprint density at radius 3 is 2.33 bits per heavy atom. The number of unbranched alkanes of at least 4 members (excludes halogenated alkanes) is 3. The zero-order valence-electron chi connectivity index (χ0n) is 35.2. The van der Waals surface area contributed by atoms with Gasteiger partial charge in [0.2, 0.25) is 23.6 Å². The summed E-state index contributed by atoms with van der Waals surface area (Å²) in [6.45, 7) is 8.18. The van der Waals surface area contributed by atoms with Gasteiger partial charge in [0.05, 0.1) is 42.4 Å². The molecule has 2 aliphatic heterocycles. The molecule has 0 radical (unpaired) electrons. The number of amides is 6. The van der Waals surface area contributed by atoms with Gasteiger partial charge in [0.25, 0.3) is 0 Å². The highest BCUT2D eigenvalue weighted by molar-refractivity contribution is 8.00. The summed E-state index contributed by atoms with van der Waals surface area (Å²) in [4.78, 5) is 68.8. The van der Waals surface area contributed by atoms with Crippen LogP contribution < -0.4 is 31.9 Å². The number of urea groups is 1. The van der Waals surface area contributed by atoms with Crippen molar-refractivity contribution in [1.82, 2.24) is 36.9 Å². The highest BCUT2D eigenvalue weighted by Crippen LogP contribution is 2.33. The number of thioether (sulfide) groups is 1. The summed E-state index contributed by atoms with van der Waals surface area (Å²) >= 11 is 1.88. The van der Waals surface area contributed by atoms with Gasteiger partial charge >= 0.3 is 6.03 Å². The van der Waals surface area contributed by atoms with Gasteiger partial charge in [-0.2, -0.15) is 11.8 Å². The highest BCUT2D eigenvalue weighted by atomic mass is 32.2. The van der Waals surface area contributed by atoms with E-state index in [9.17, 15) is 34.2 Å². The molecule has 14 nitrogen and oxygen atoms in total. The molecule has 6 amide bonds. The largest absolute Gasteiger partial charge is 0.390 e. The van der Waals surface area contributed by atoms with Crippen LogP contribution >= 0.6 is 11.8 Å². The van der Waals surface area contributed by atoms with Gasteiger partial charge in [-0.25, -0.2) is 4.79 Å². The molecule has 9 atom stereocenters. The average molecular weight is 830 g/mol. The van der Waals surface area contributed by atoms with E-state index in [1.807, 2.05) is 31.7 Å². The van der Waals surface area contributed by atoms with Crippen LogP contribution in [0.15, 0.2) is 24.4 Å². The number of nitrogens with one attached hydrogen (secondary N) is 6. The third-order valence-electron chi connectivity index (χ3n) is 12.3. The first kappa shape index (κ1) is 47.3. The molecule has 3 aliphatic rings. The van der Waals surface area contributed by atoms with Crippen molar-refractivity contribution in [2.75, 3.05) is 12.3 Å². The second-order valence-electron chi connectivity index (χ2n) is 17.1. The van der Waals surface area contributed by atoms with Crippen molar-refractivity contribution < 1.29 is 34.2 Å². The number of carbonyl (C=O) groups excluding carboxylic acids is 5. The Bertz CT molecular complexity index is 1450. The molecule has 0 bridgehead atoms. The summed E-state index contributed by atoms with van der Waals surface area (Å²) in [6, 6.07) is 4.15. The minimum atomic E-state index is -1.48. The van der Waals surface area contributed by atoms with Crippen LogP contribution in [0.3, 0.4) is 0 Å². The SMILES string of the molecule is CCC(C)[C@H](NC(=O)[C@H](C(C)C)[C@@H](O)[C@H](O)[C@H](CC1CCCCC1)NC(=O)CCCCCNC(=O)CCCCC1SC[C@@H]2NC(=O)NC12)C(=O)NCc1ccccn1. The molecule has 8 N–H and O–H groups in total. The fourth-order valence-corrected chi connectivity index (χ4v) is 10.1. The Morgan fingerprint density at radius 2 is 1.62 bits per heavy atom. The number of aromatic nitrogens is 1. The molecule has 326 valence electrons. The maximum absolute atomic E-state index is 13.9. The lowest BCUT2D eigenvalue weighted by molar-refractivity contribution is -0.140. The monoisotopic (exact) mass is 830 g/mol. The molecular weight excluding hydrogens is 759 g/mol. The lowest BCUT2D eigenvalue weighted by Gasteiger charge is -2.36. The minimum absolute atomic E-state index is 0.0243. The lowest BCUT2D eigenvalue weighted by Crippen LogP contribution is -2.57. The third kappa shape index (κ3) is 15.0. The third-order valence-corrected chi connectivity index (χ3v) is 13.8. The Hall–Kier alpha value is -3.43. The van der Waals surface area contributed by atoms with Crippen molar-refractivity contribution >= 4 is 41.4 Å². The van der Waals surface area contributed by atoms with Gasteiger partial charge in [0, 0.05) is 36.6 Å². The van der Waals surface area contributed by atoms with E-state index in [0.29, 0.717) is 43.2 Å². The second kappa shape index (κ2) is 24.6. The average Bonchev–Trinajstić information content (AvgIpc) is 3.77. The zero-order valence-corrected chi connectivity index (χ0v) is 36.0. The molecular formula is C43H71N7O7S. The quantitative estimate of drug-likeness (QED) is 0.0527. The van der Waals surface area contributed by atoms with Crippen molar-refractivity contribution in [2.45, 2.75) is 172 Å². The molecule has 58 heavy (non-hydrogen) atoms. The molecule has 1 aromatic rings. The van der Waals surface area contributed by atoms with E-state index in [-0.39, 0.29) is 66.6 Å². The van der Waals surface area contributed by atoms with Crippen molar-refractivity contribution in [2.24, 2.45) is 23.7 Å². The first-order valence-corrected chi connectivity index (χ1v) is 23.0. The molecule has 1 saturated carbocycles. The van der Waals surface area contributed by atoms with E-state index >= 15 is 0 Å². The predicted molar refractivity (Wildman–Crippen MR) is 226 cm³/mol. The number of nitrogens with zero attached hydrogens (tertiary/aromatic N) is 1. The maximum Gasteiger partial charge on any atom is 0.315 e. The first-order chi connectivity index (χ1) is 27.9. The fourth-order valence-electron chi connectivity index (χ4n) is 8.57. The van der Waals surface area contributed by atoms with E-state index < -0.39 is 36.1 Å². The highest BCUT2D eigenvalue weighted by Gasteiger charge is 2.43. The van der Waals surface area contributed by atoms with Crippen molar-refractivity contribution in [3.8, 4) is 0 Å². The standard InChI is InChI=1S/C43H71N7O7S/c1-5-28(4)37(42(56)46-25-30-18-13-15-22-44-30)49-41(55)36(27(2)3)40(54)39(53)31(24-29-16-8-6-9-17-29)47-35(52)21-10-7-14-23-45-34(51)20-12-11-19-33-38-32(26-58-33)48-43(57)50-38/h13,15,18,22,27-29,31-33,36-40,53-54H,5-12,14,16-17,19-21,23-26H2,1-4H3,(H,45,51)(H,46,56)(H,47,52)(H,49,55)(H2,48,50,57)/t28?,31-,32-,33?,36+,37-,38?,39+,40+/m0/s1. The summed E-state index contributed by atoms with van der Waals surface area (Å²) in [5.74, 6) is -1.44. The molecule has 0 spiro atoms. The van der Waals surface area contributed by atoms with E-state index in [0.717, 1.165) is 70.0 Å². The fraction of sp³-hybridized carbons (Fsp3) is 0.767. The van der Waals surface area contributed by atoms with Gasteiger partial charge in [-0.05, 0) is 62.0 Å². The normalized spacial score (nSPS) is 22.4. The Labute approximate surface area is 349 Å². The van der Waals surface area contributed by atoms with Crippen LogP contribution in [-0.4, -0.2) is 98.8 Å². The van der Waals surface area contributed by atoms with E-state index in [4.69, 9.17) is 0 Å². The van der Waals surface area contributed by atoms with Gasteiger partial charge in [0.15, 0.2) is 0 Å². The van der Waals surface area contributed by atoms with Crippen LogP contribution in [-0.2, 0) is 25.7 Å². The Balaban J connectivity index is 1.22. The van der Waals surface area contributed by atoms with Crippen LogP contribution in [0.5, 0.6) is 0 Å². The number of fused-ring (bicyclic) bond motifs is 1. The van der Waals surface area contributed by atoms with Crippen LogP contribution in [0.4, 0.5) is 4.79 Å². The maximum atomic E-state index is 13.9. The van der Waals surface area contributed by atoms with Crippen LogP contribution in [0.2, 0.25) is 0 Å². The number of aliphatic hydroxyl groups is 2. The molecule has 3 heterocycles. The minimum Gasteiger partial charge on any atom is -0.390 e. The number of aliphatic hydroxyl groups excluding tert-OH is 2. The van der Waals surface area contributed by atoms with E-state index in [2.05, 4.69) is 36.9 Å². The first-order valence-electron chi connectivity index (χ1n) is 22.0. The number of rotatable bonds is 25. The topological polar surface area (TPSA) is 211 Å². The molecule has 0 aromatic carbocycles. The van der Waals surface area contributed by atoms with Crippen LogP contribution in [0.25, 0.3) is 0 Å². The van der Waals surface area contributed by atoms with Crippen molar-refractivity contribution in [3.63, 3.8) is 0 Å². The van der Waals surface area contributed by atoms with Crippen LogP contribution in [0.1, 0.15) is 130 Å². The number of carbonyl (C=O) groups is 5. The lowest BCUT2D eigenvalue weighted by atomic mass is 9.79. The van der Waals surface area contributed by atoms with Gasteiger partial charge in [-0.1, -0.05) is 85.1 Å². The molecule has 1 aliphatic carbocycles. The van der Waals surface area contributed by atoms with E-state index in [1.54, 1.807) is 32.2 Å². The molecule has 3 unspecified atom stereocenters. The number of hydrogen-bond donors (Lipinski definition) is 8. The van der Waals surface area contributed by atoms with Crippen LogP contribution in [0, 0.1) is 23.7 Å². The van der Waals surface area contributed by atoms with Gasteiger partial charge in [-0.15, -0.1) is 0 Å². The molecule has 4 rings (SSSR count). The van der Waals surface area contributed by atoms with Crippen molar-refractivity contribution in [3.05, 3.63) is 30.1 Å². The summed E-state index contributed by atoms with van der Waals surface area (Å²) in [5, 5.41) is 41.5. The number of pyridine rings is 1. The molecule has 2 saturated heterocycles. The molecule has 1 aromatic heterocycles. The Kier molecular flexibility index (Phi) is 20.0. The molecule has 3 fully saturated rings. The summed E-state index contributed by atoms with van der Waals surface area (Å²) in [6.07, 6.45) is 10.7. The number of hydrogen-bond acceptors (Lipinski definition) is 9.